The summed E-state index contributed by atoms with van der Waals surface area (Å²) in [6.07, 6.45) is 0.717. The zero-order valence-corrected chi connectivity index (χ0v) is 11.4. The number of amides is 1. The molecule has 1 aromatic rings. The van der Waals surface area contributed by atoms with Crippen molar-refractivity contribution in [3.63, 3.8) is 0 Å². The molecule has 2 rings (SSSR count). The maximum absolute atomic E-state index is 11.3. The van der Waals surface area contributed by atoms with E-state index < -0.39 is 12.1 Å². The van der Waals surface area contributed by atoms with Crippen molar-refractivity contribution < 1.29 is 19.4 Å². The quantitative estimate of drug-likeness (QED) is 0.815. The number of piperazine rings is 1. The number of hydrogen-bond acceptors (Lipinski definition) is 5. The number of anilines is 1. The van der Waals surface area contributed by atoms with Crippen LogP contribution in [0.25, 0.3) is 0 Å². The molecule has 0 bridgehead atoms. The van der Waals surface area contributed by atoms with Crippen molar-refractivity contribution in [2.45, 2.75) is 13.0 Å². The average molecular weight is 279 g/mol. The highest BCUT2D eigenvalue weighted by Crippen LogP contribution is 2.20. The summed E-state index contributed by atoms with van der Waals surface area (Å²) in [6.45, 7) is 3.47. The van der Waals surface area contributed by atoms with Gasteiger partial charge in [0.05, 0.1) is 19.0 Å². The van der Waals surface area contributed by atoms with Gasteiger partial charge in [0, 0.05) is 25.7 Å². The van der Waals surface area contributed by atoms with Crippen LogP contribution in [0.4, 0.5) is 10.5 Å². The van der Waals surface area contributed by atoms with Crippen molar-refractivity contribution in [3.8, 4) is 0 Å². The number of ether oxygens (including phenoxy) is 1. The number of carbonyl (C=O) groups is 2. The number of carbonyl (C=O) groups excluding carboxylic acids is 1. The average Bonchev–Trinajstić information content (AvgIpc) is 2.46. The zero-order chi connectivity index (χ0) is 14.7. The highest BCUT2D eigenvalue weighted by Gasteiger charge is 2.26. The van der Waals surface area contributed by atoms with Gasteiger partial charge >= 0.3 is 12.1 Å². The fraction of sp³-hybridized carbons (Fsp3) is 0.462. The Morgan fingerprint density at radius 1 is 1.40 bits per heavy atom. The second-order valence-corrected chi connectivity index (χ2v) is 4.66. The van der Waals surface area contributed by atoms with Gasteiger partial charge in [0.25, 0.3) is 0 Å². The molecule has 0 aromatic carbocycles. The van der Waals surface area contributed by atoms with Gasteiger partial charge in [0.15, 0.2) is 0 Å². The van der Waals surface area contributed by atoms with E-state index in [1.165, 1.54) is 12.0 Å². The van der Waals surface area contributed by atoms with Crippen molar-refractivity contribution in [3.05, 3.63) is 24.0 Å². The molecule has 2 heterocycles. The van der Waals surface area contributed by atoms with Gasteiger partial charge in [-0.25, -0.2) is 14.6 Å². The molecule has 7 nitrogen and oxygen atoms in total. The van der Waals surface area contributed by atoms with Crippen molar-refractivity contribution >= 4 is 17.7 Å². The van der Waals surface area contributed by atoms with Gasteiger partial charge < -0.3 is 19.6 Å². The summed E-state index contributed by atoms with van der Waals surface area (Å²) >= 11 is 0. The summed E-state index contributed by atoms with van der Waals surface area (Å²) < 4.78 is 4.60. The van der Waals surface area contributed by atoms with E-state index in [-0.39, 0.29) is 11.7 Å². The van der Waals surface area contributed by atoms with E-state index in [0.29, 0.717) is 19.6 Å². The van der Waals surface area contributed by atoms with Crippen LogP contribution in [0, 0.1) is 0 Å². The number of methoxy groups -OCH3 is 1. The Bertz CT molecular complexity index is 503. The molecule has 1 amide bonds. The van der Waals surface area contributed by atoms with E-state index in [4.69, 9.17) is 5.11 Å². The highest BCUT2D eigenvalue weighted by atomic mass is 16.5. The Morgan fingerprint density at radius 3 is 2.65 bits per heavy atom. The molecule has 0 radical (unpaired) electrons. The number of pyridine rings is 1. The molecule has 20 heavy (non-hydrogen) atoms. The molecule has 1 aliphatic heterocycles. The maximum Gasteiger partial charge on any atom is 0.407 e. The van der Waals surface area contributed by atoms with Crippen LogP contribution in [0.2, 0.25) is 0 Å². The van der Waals surface area contributed by atoms with Crippen LogP contribution in [0.1, 0.15) is 17.4 Å². The zero-order valence-electron chi connectivity index (χ0n) is 11.4. The molecule has 1 N–H and O–H groups in total. The van der Waals surface area contributed by atoms with Gasteiger partial charge in [-0.05, 0) is 19.1 Å². The van der Waals surface area contributed by atoms with Crippen LogP contribution in [0.5, 0.6) is 0 Å². The molecule has 1 saturated heterocycles. The van der Waals surface area contributed by atoms with Crippen molar-refractivity contribution in [2.75, 3.05) is 31.6 Å². The van der Waals surface area contributed by atoms with E-state index in [1.54, 1.807) is 18.3 Å². The third kappa shape index (κ3) is 2.81. The van der Waals surface area contributed by atoms with Crippen LogP contribution >= 0.6 is 0 Å². The third-order valence-corrected chi connectivity index (χ3v) is 3.37. The number of hydrogen-bond donors (Lipinski definition) is 1. The Balaban J connectivity index is 2.09. The topological polar surface area (TPSA) is 83.0 Å². The first kappa shape index (κ1) is 14.1. The Morgan fingerprint density at radius 2 is 2.15 bits per heavy atom. The third-order valence-electron chi connectivity index (χ3n) is 3.37. The minimum absolute atomic E-state index is 0.0608. The van der Waals surface area contributed by atoms with Gasteiger partial charge in [-0.2, -0.15) is 0 Å². The first-order chi connectivity index (χ1) is 9.52. The monoisotopic (exact) mass is 279 g/mol. The summed E-state index contributed by atoms with van der Waals surface area (Å²) in [5.41, 5.74) is 1.13. The molecule has 1 aliphatic rings. The maximum atomic E-state index is 11.3. The number of aromatic nitrogens is 1. The Kier molecular flexibility index (Phi) is 4.07. The lowest BCUT2D eigenvalue weighted by molar-refractivity contribution is 0.0594. The van der Waals surface area contributed by atoms with Crippen molar-refractivity contribution in [1.82, 2.24) is 9.88 Å². The second kappa shape index (κ2) is 5.77. The van der Waals surface area contributed by atoms with Crippen LogP contribution in [-0.4, -0.2) is 59.8 Å². The van der Waals surface area contributed by atoms with E-state index in [2.05, 4.69) is 14.6 Å². The first-order valence-corrected chi connectivity index (χ1v) is 6.32. The molecular formula is C13H17N3O4. The van der Waals surface area contributed by atoms with E-state index in [9.17, 15) is 9.59 Å². The predicted molar refractivity (Wildman–Crippen MR) is 72.0 cm³/mol. The molecule has 0 aliphatic carbocycles. The molecule has 108 valence electrons. The van der Waals surface area contributed by atoms with Gasteiger partial charge in [-0.3, -0.25) is 0 Å². The highest BCUT2D eigenvalue weighted by molar-refractivity contribution is 5.87. The van der Waals surface area contributed by atoms with E-state index in [1.807, 2.05) is 6.92 Å². The second-order valence-electron chi connectivity index (χ2n) is 4.66. The van der Waals surface area contributed by atoms with Crippen LogP contribution in [0.15, 0.2) is 18.3 Å². The summed E-state index contributed by atoms with van der Waals surface area (Å²) in [4.78, 5) is 29.8. The number of rotatable bonds is 2. The minimum atomic E-state index is -0.893. The molecule has 0 saturated carbocycles. The Labute approximate surface area is 116 Å². The number of nitrogens with zero attached hydrogens (tertiary/aromatic N) is 3. The summed E-state index contributed by atoms with van der Waals surface area (Å²) in [5.74, 6) is -0.472. The molecule has 7 heteroatoms. The van der Waals surface area contributed by atoms with Crippen molar-refractivity contribution in [1.29, 1.82) is 0 Å². The normalized spacial score (nSPS) is 18.8. The fourth-order valence-corrected chi connectivity index (χ4v) is 2.30. The van der Waals surface area contributed by atoms with Gasteiger partial charge in [-0.15, -0.1) is 0 Å². The molecule has 1 fully saturated rings. The van der Waals surface area contributed by atoms with E-state index >= 15 is 0 Å². The molecule has 0 unspecified atom stereocenters. The lowest BCUT2D eigenvalue weighted by atomic mass is 10.1. The van der Waals surface area contributed by atoms with Crippen molar-refractivity contribution in [2.24, 2.45) is 0 Å². The first-order valence-electron chi connectivity index (χ1n) is 6.32. The lowest BCUT2D eigenvalue weighted by Crippen LogP contribution is -2.53. The number of carboxylic acid groups (broad SMARTS) is 1. The fourth-order valence-electron chi connectivity index (χ4n) is 2.30. The summed E-state index contributed by atoms with van der Waals surface area (Å²) in [6, 6.07) is 3.47. The summed E-state index contributed by atoms with van der Waals surface area (Å²) in [7, 11) is 1.31. The molecule has 1 atom stereocenters. The number of esters is 1. The van der Waals surface area contributed by atoms with E-state index in [0.717, 1.165) is 5.69 Å². The van der Waals surface area contributed by atoms with Gasteiger partial charge in [-0.1, -0.05) is 0 Å². The van der Waals surface area contributed by atoms with Gasteiger partial charge in [0.1, 0.15) is 5.69 Å². The minimum Gasteiger partial charge on any atom is -0.465 e. The lowest BCUT2D eigenvalue weighted by Gasteiger charge is -2.39. The van der Waals surface area contributed by atoms with Crippen LogP contribution < -0.4 is 4.90 Å². The summed E-state index contributed by atoms with van der Waals surface area (Å²) in [5, 5.41) is 8.98. The smallest absolute Gasteiger partial charge is 0.407 e. The predicted octanol–water partition coefficient (Wildman–Crippen LogP) is 1.06. The van der Waals surface area contributed by atoms with Crippen LogP contribution in [-0.2, 0) is 4.74 Å². The molecule has 1 aromatic heterocycles. The van der Waals surface area contributed by atoms with Crippen LogP contribution in [0.3, 0.4) is 0 Å². The molecule has 0 spiro atoms. The van der Waals surface area contributed by atoms with Gasteiger partial charge in [0.2, 0.25) is 0 Å². The largest absolute Gasteiger partial charge is 0.465 e. The Hall–Kier alpha value is -2.31. The SMILES string of the molecule is COC(=O)c1ccc(N2CCN(C(=O)O)C[C@H]2C)cn1. The molecular weight excluding hydrogens is 262 g/mol. The standard InChI is InChI=1S/C13H17N3O4/c1-9-8-15(13(18)19)5-6-16(9)10-3-4-11(14-7-10)12(17)20-2/h3-4,7,9H,5-6,8H2,1-2H3,(H,18,19)/t9-/m1/s1.